The number of rotatable bonds is 1. The van der Waals surface area contributed by atoms with Crippen molar-refractivity contribution in [2.24, 2.45) is 0 Å². The van der Waals surface area contributed by atoms with Gasteiger partial charge in [0.05, 0.1) is 6.61 Å². The van der Waals surface area contributed by atoms with Crippen LogP contribution in [0.2, 0.25) is 0 Å². The first-order valence-electron chi connectivity index (χ1n) is 3.86. The Morgan fingerprint density at radius 1 is 1.46 bits per heavy atom. The molecule has 1 aromatic rings. The SMILES string of the molecule is ClP1OCC(Br)N1c1ccccc1. The number of anilines is 1. The van der Waals surface area contributed by atoms with Crippen LogP contribution in [0.1, 0.15) is 0 Å². The van der Waals surface area contributed by atoms with Gasteiger partial charge in [-0.05, 0) is 23.4 Å². The zero-order valence-electron chi connectivity index (χ0n) is 6.73. The van der Waals surface area contributed by atoms with Crippen LogP contribution in [0.3, 0.4) is 0 Å². The van der Waals surface area contributed by atoms with Crippen molar-refractivity contribution in [3.05, 3.63) is 30.3 Å². The van der Waals surface area contributed by atoms with Gasteiger partial charge in [0, 0.05) is 5.69 Å². The molecular formula is C8H8BrClNOP. The molecule has 0 aliphatic carbocycles. The molecular weight excluding hydrogens is 272 g/mol. The minimum absolute atomic E-state index is 0.193. The summed E-state index contributed by atoms with van der Waals surface area (Å²) in [5, 5.41) is 0. The van der Waals surface area contributed by atoms with Gasteiger partial charge in [0.1, 0.15) is 4.95 Å². The highest BCUT2D eigenvalue weighted by molar-refractivity contribution is 9.09. The average molecular weight is 280 g/mol. The molecule has 1 aliphatic rings. The third-order valence-electron chi connectivity index (χ3n) is 1.77. The van der Waals surface area contributed by atoms with Crippen molar-refractivity contribution in [3.63, 3.8) is 0 Å². The maximum absolute atomic E-state index is 6.05. The van der Waals surface area contributed by atoms with Gasteiger partial charge < -0.3 is 9.19 Å². The van der Waals surface area contributed by atoms with Crippen LogP contribution >= 0.6 is 34.8 Å². The van der Waals surface area contributed by atoms with Crippen LogP contribution in [-0.4, -0.2) is 11.6 Å². The minimum Gasteiger partial charge on any atom is -0.324 e. The fourth-order valence-electron chi connectivity index (χ4n) is 1.19. The first-order chi connectivity index (χ1) is 6.29. The number of alkyl halides is 1. The van der Waals surface area contributed by atoms with Gasteiger partial charge in [0.25, 0.3) is 0 Å². The van der Waals surface area contributed by atoms with E-state index in [0.717, 1.165) is 5.69 Å². The fourth-order valence-corrected chi connectivity index (χ4v) is 4.29. The van der Waals surface area contributed by atoms with Crippen molar-refractivity contribution in [2.75, 3.05) is 11.3 Å². The van der Waals surface area contributed by atoms with Crippen molar-refractivity contribution in [1.82, 2.24) is 0 Å². The lowest BCUT2D eigenvalue weighted by atomic mass is 10.3. The third kappa shape index (κ3) is 1.99. The molecule has 0 amide bonds. The summed E-state index contributed by atoms with van der Waals surface area (Å²) in [4.78, 5) is 0.193. The first kappa shape index (κ1) is 9.72. The van der Waals surface area contributed by atoms with Gasteiger partial charge in [-0.15, -0.1) is 0 Å². The predicted octanol–water partition coefficient (Wildman–Crippen LogP) is 3.71. The zero-order valence-corrected chi connectivity index (χ0v) is 9.97. The van der Waals surface area contributed by atoms with E-state index in [1.54, 1.807) is 0 Å². The van der Waals surface area contributed by atoms with E-state index in [-0.39, 0.29) is 4.95 Å². The molecule has 1 heterocycles. The molecule has 2 atom stereocenters. The van der Waals surface area contributed by atoms with Crippen molar-refractivity contribution in [3.8, 4) is 0 Å². The second kappa shape index (κ2) is 4.14. The van der Waals surface area contributed by atoms with Gasteiger partial charge in [-0.25, -0.2) is 0 Å². The Labute approximate surface area is 91.6 Å². The summed E-state index contributed by atoms with van der Waals surface area (Å²) < 4.78 is 7.39. The number of hydrogen-bond donors (Lipinski definition) is 0. The van der Waals surface area contributed by atoms with Crippen LogP contribution in [-0.2, 0) is 4.52 Å². The van der Waals surface area contributed by atoms with E-state index in [1.165, 1.54) is 0 Å². The molecule has 0 N–H and O–H groups in total. The maximum Gasteiger partial charge on any atom is 0.237 e. The molecule has 0 spiro atoms. The number of nitrogens with zero attached hydrogens (tertiary/aromatic N) is 1. The lowest BCUT2D eigenvalue weighted by molar-refractivity contribution is 0.398. The Hall–Kier alpha value is 0.180. The quantitative estimate of drug-likeness (QED) is 0.442. The van der Waals surface area contributed by atoms with Crippen molar-refractivity contribution in [1.29, 1.82) is 0 Å². The molecule has 5 heteroatoms. The molecule has 2 unspecified atom stereocenters. The van der Waals surface area contributed by atoms with Crippen molar-refractivity contribution in [2.45, 2.75) is 4.95 Å². The predicted molar refractivity (Wildman–Crippen MR) is 60.4 cm³/mol. The summed E-state index contributed by atoms with van der Waals surface area (Å²) in [5.41, 5.74) is 1.10. The lowest BCUT2D eigenvalue weighted by Crippen LogP contribution is -2.19. The number of benzene rings is 1. The van der Waals surface area contributed by atoms with E-state index in [0.29, 0.717) is 6.61 Å². The van der Waals surface area contributed by atoms with Crippen molar-refractivity contribution < 1.29 is 4.52 Å². The van der Waals surface area contributed by atoms with Gasteiger partial charge >= 0.3 is 0 Å². The standard InChI is InChI=1S/C8H8BrClNOP/c9-8-6-12-13(10)11(8)7-4-2-1-3-5-7/h1-5,8H,6H2. The maximum atomic E-state index is 6.05. The Morgan fingerprint density at radius 2 is 2.15 bits per heavy atom. The molecule has 0 aromatic heterocycles. The molecule has 70 valence electrons. The summed E-state index contributed by atoms with van der Waals surface area (Å²) in [7, 11) is -0.985. The van der Waals surface area contributed by atoms with Gasteiger partial charge in [-0.2, -0.15) is 0 Å². The smallest absolute Gasteiger partial charge is 0.237 e. The highest BCUT2D eigenvalue weighted by Gasteiger charge is 2.32. The minimum atomic E-state index is -0.985. The van der Waals surface area contributed by atoms with Crippen LogP contribution in [0.25, 0.3) is 0 Å². The van der Waals surface area contributed by atoms with Crippen LogP contribution in [0.5, 0.6) is 0 Å². The number of halogens is 2. The molecule has 1 saturated heterocycles. The second-order valence-corrected chi connectivity index (χ2v) is 5.70. The van der Waals surface area contributed by atoms with Gasteiger partial charge in [-0.1, -0.05) is 34.1 Å². The summed E-state index contributed by atoms with van der Waals surface area (Å²) >= 11 is 9.56. The van der Waals surface area contributed by atoms with E-state index in [2.05, 4.69) is 20.6 Å². The first-order valence-corrected chi connectivity index (χ1v) is 6.89. The van der Waals surface area contributed by atoms with E-state index in [9.17, 15) is 0 Å². The normalized spacial score (nSPS) is 28.0. The molecule has 13 heavy (non-hydrogen) atoms. The highest BCUT2D eigenvalue weighted by Crippen LogP contribution is 2.55. The second-order valence-electron chi connectivity index (χ2n) is 2.64. The molecule has 0 radical (unpaired) electrons. The van der Waals surface area contributed by atoms with E-state index >= 15 is 0 Å². The number of para-hydroxylation sites is 1. The van der Waals surface area contributed by atoms with Crippen molar-refractivity contribution >= 4 is 40.5 Å². The summed E-state index contributed by atoms with van der Waals surface area (Å²) in [5.74, 6) is 0. The monoisotopic (exact) mass is 279 g/mol. The van der Waals surface area contributed by atoms with Crippen LogP contribution in [0.4, 0.5) is 5.69 Å². The summed E-state index contributed by atoms with van der Waals surface area (Å²) in [6.45, 7) is 0.643. The Kier molecular flexibility index (Phi) is 3.10. The molecule has 1 aromatic carbocycles. The van der Waals surface area contributed by atoms with Crippen LogP contribution < -0.4 is 4.67 Å². The summed E-state index contributed by atoms with van der Waals surface area (Å²) in [6, 6.07) is 10.0. The highest BCUT2D eigenvalue weighted by atomic mass is 79.9. The van der Waals surface area contributed by atoms with E-state index in [4.69, 9.17) is 15.8 Å². The average Bonchev–Trinajstić information content (AvgIpc) is 2.48. The van der Waals surface area contributed by atoms with Crippen LogP contribution in [0.15, 0.2) is 30.3 Å². The van der Waals surface area contributed by atoms with Crippen LogP contribution in [0, 0.1) is 0 Å². The molecule has 2 rings (SSSR count). The Balaban J connectivity index is 2.25. The largest absolute Gasteiger partial charge is 0.324 e. The summed E-state index contributed by atoms with van der Waals surface area (Å²) in [6.07, 6.45) is 0. The topological polar surface area (TPSA) is 12.5 Å². The molecule has 0 saturated carbocycles. The Bertz CT molecular complexity index is 277. The molecule has 1 aliphatic heterocycles. The lowest BCUT2D eigenvalue weighted by Gasteiger charge is -2.22. The van der Waals surface area contributed by atoms with Gasteiger partial charge in [0.2, 0.25) is 7.65 Å². The van der Waals surface area contributed by atoms with E-state index in [1.807, 2.05) is 30.3 Å². The Morgan fingerprint density at radius 3 is 2.69 bits per heavy atom. The fraction of sp³-hybridized carbons (Fsp3) is 0.250. The number of hydrogen-bond acceptors (Lipinski definition) is 2. The zero-order chi connectivity index (χ0) is 9.26. The molecule has 2 nitrogen and oxygen atoms in total. The molecule has 1 fully saturated rings. The van der Waals surface area contributed by atoms with Gasteiger partial charge in [-0.3, -0.25) is 0 Å². The van der Waals surface area contributed by atoms with E-state index < -0.39 is 7.65 Å². The molecule has 0 bridgehead atoms. The van der Waals surface area contributed by atoms with Gasteiger partial charge in [0.15, 0.2) is 0 Å². The third-order valence-corrected chi connectivity index (χ3v) is 4.76.